The highest BCUT2D eigenvalue weighted by Gasteiger charge is 2.16. The first-order valence-electron chi connectivity index (χ1n) is 4.66. The molecule has 0 amide bonds. The topological polar surface area (TPSA) is 26.0 Å². The summed E-state index contributed by atoms with van der Waals surface area (Å²) >= 11 is 0. The summed E-state index contributed by atoms with van der Waals surface area (Å²) in [5.74, 6) is 0. The Morgan fingerprint density at radius 2 is 1.64 bits per heavy atom. The molecule has 2 N–H and O–H groups in total. The maximum Gasteiger partial charge on any atom is 0.132 e. The molecule has 0 atom stereocenters. The van der Waals surface area contributed by atoms with Crippen LogP contribution >= 0.6 is 0 Å². The van der Waals surface area contributed by atoms with Gasteiger partial charge < -0.3 is 22.7 Å². The van der Waals surface area contributed by atoms with Crippen molar-refractivity contribution in [3.05, 3.63) is 29.8 Å². The lowest BCUT2D eigenvalue weighted by atomic mass is 10.2. The summed E-state index contributed by atoms with van der Waals surface area (Å²) in [5.41, 5.74) is 8.18. The van der Waals surface area contributed by atoms with E-state index < -0.39 is 0 Å². The van der Waals surface area contributed by atoms with Crippen LogP contribution in [0.5, 0.6) is 0 Å². The highest BCUT2D eigenvalue weighted by molar-refractivity contribution is 5.43. The van der Waals surface area contributed by atoms with E-state index >= 15 is 0 Å². The third-order valence-corrected chi connectivity index (χ3v) is 2.42. The zero-order valence-corrected chi connectivity index (χ0v) is 10.7. The fourth-order valence-electron chi connectivity index (χ4n) is 1.40. The van der Waals surface area contributed by atoms with Crippen LogP contribution in [-0.4, -0.2) is 27.2 Å². The number of quaternary nitrogens is 1. The predicted molar refractivity (Wildman–Crippen MR) is 58.7 cm³/mol. The molecule has 0 aromatic heterocycles. The van der Waals surface area contributed by atoms with E-state index in [0.717, 1.165) is 17.6 Å². The van der Waals surface area contributed by atoms with Crippen LogP contribution in [0, 0.1) is 6.92 Å². The largest absolute Gasteiger partial charge is 1.00 e. The first-order chi connectivity index (χ1) is 6.06. The van der Waals surface area contributed by atoms with E-state index in [1.54, 1.807) is 0 Å². The normalized spacial score (nSPS) is 10.9. The lowest BCUT2D eigenvalue weighted by molar-refractivity contribution is -0.00000309. The number of hydrogen-bond acceptors (Lipinski definition) is 1. The molecule has 1 rings (SSSR count). The molecule has 0 unspecified atom stereocenters. The second-order valence-electron chi connectivity index (χ2n) is 4.03. The first kappa shape index (κ1) is 13.6. The van der Waals surface area contributed by atoms with E-state index in [2.05, 4.69) is 45.3 Å². The standard InChI is InChI=1S/C11H19N2.BrH/c1-10-4-6-11(7-5-10)13(2,3)9-8-12;/h4-7H,8-9,12H2,1-3H3;1H/q+1;/p-1. The van der Waals surface area contributed by atoms with Crippen LogP contribution in [-0.2, 0) is 0 Å². The Labute approximate surface area is 97.1 Å². The smallest absolute Gasteiger partial charge is 0.132 e. The van der Waals surface area contributed by atoms with Crippen LogP contribution in [0.25, 0.3) is 0 Å². The molecule has 3 heteroatoms. The first-order valence-corrected chi connectivity index (χ1v) is 4.66. The minimum Gasteiger partial charge on any atom is -1.00 e. The molecule has 2 nitrogen and oxygen atoms in total. The molecule has 0 aliphatic rings. The minimum absolute atomic E-state index is 0. The molecular formula is C11H19BrN2. The second kappa shape index (κ2) is 5.49. The van der Waals surface area contributed by atoms with E-state index in [1.807, 2.05) is 0 Å². The number of nitrogens with two attached hydrogens (primary N) is 1. The van der Waals surface area contributed by atoms with Gasteiger partial charge in [-0.3, -0.25) is 4.48 Å². The molecule has 0 heterocycles. The monoisotopic (exact) mass is 258 g/mol. The van der Waals surface area contributed by atoms with Crippen molar-refractivity contribution in [2.75, 3.05) is 27.2 Å². The number of nitrogens with zero attached hydrogens (tertiary/aromatic N) is 1. The molecule has 0 spiro atoms. The number of halogens is 1. The van der Waals surface area contributed by atoms with Gasteiger partial charge in [-0.25, -0.2) is 0 Å². The van der Waals surface area contributed by atoms with Gasteiger partial charge in [0.2, 0.25) is 0 Å². The summed E-state index contributed by atoms with van der Waals surface area (Å²) in [7, 11) is 4.36. The molecular weight excluding hydrogens is 240 g/mol. The van der Waals surface area contributed by atoms with Gasteiger partial charge in [-0.1, -0.05) is 17.7 Å². The summed E-state index contributed by atoms with van der Waals surface area (Å²) in [4.78, 5) is 0. The van der Waals surface area contributed by atoms with Crippen molar-refractivity contribution >= 4 is 5.69 Å². The summed E-state index contributed by atoms with van der Waals surface area (Å²) in [6, 6.07) is 8.63. The Bertz CT molecular complexity index is 267. The van der Waals surface area contributed by atoms with Crippen molar-refractivity contribution < 1.29 is 17.0 Å². The molecule has 0 aliphatic carbocycles. The van der Waals surface area contributed by atoms with Crippen molar-refractivity contribution in [3.8, 4) is 0 Å². The number of aryl methyl sites for hydroxylation is 1. The van der Waals surface area contributed by atoms with Gasteiger partial charge in [0.15, 0.2) is 0 Å². The fourth-order valence-corrected chi connectivity index (χ4v) is 1.40. The Hall–Kier alpha value is -0.380. The van der Waals surface area contributed by atoms with E-state index in [-0.39, 0.29) is 17.0 Å². The Morgan fingerprint density at radius 3 is 2.07 bits per heavy atom. The predicted octanol–water partition coefficient (Wildman–Crippen LogP) is -1.48. The lowest BCUT2D eigenvalue weighted by Gasteiger charge is -2.28. The van der Waals surface area contributed by atoms with Crippen molar-refractivity contribution in [2.24, 2.45) is 5.73 Å². The highest BCUT2D eigenvalue weighted by atomic mass is 79.9. The van der Waals surface area contributed by atoms with E-state index in [0.29, 0.717) is 0 Å². The van der Waals surface area contributed by atoms with Gasteiger partial charge in [0.05, 0.1) is 20.6 Å². The van der Waals surface area contributed by atoms with E-state index in [9.17, 15) is 0 Å². The van der Waals surface area contributed by atoms with Crippen molar-refractivity contribution in [1.82, 2.24) is 4.48 Å². The van der Waals surface area contributed by atoms with E-state index in [4.69, 9.17) is 5.73 Å². The molecule has 0 saturated carbocycles. The van der Waals surface area contributed by atoms with Gasteiger partial charge in [-0.2, -0.15) is 0 Å². The lowest BCUT2D eigenvalue weighted by Crippen LogP contribution is -3.00. The summed E-state index contributed by atoms with van der Waals surface area (Å²) < 4.78 is 0.858. The van der Waals surface area contributed by atoms with Gasteiger partial charge in [0.25, 0.3) is 0 Å². The van der Waals surface area contributed by atoms with Crippen molar-refractivity contribution in [1.29, 1.82) is 0 Å². The third-order valence-electron chi connectivity index (χ3n) is 2.42. The Kier molecular flexibility index (Phi) is 5.34. The average molecular weight is 259 g/mol. The quantitative estimate of drug-likeness (QED) is 0.659. The van der Waals surface area contributed by atoms with Gasteiger partial charge in [0, 0.05) is 6.54 Å². The minimum atomic E-state index is 0. The molecule has 0 bridgehead atoms. The zero-order valence-electron chi connectivity index (χ0n) is 9.13. The van der Waals surface area contributed by atoms with Crippen molar-refractivity contribution in [3.63, 3.8) is 0 Å². The van der Waals surface area contributed by atoms with Gasteiger partial charge in [0.1, 0.15) is 5.69 Å². The van der Waals surface area contributed by atoms with Crippen LogP contribution in [0.3, 0.4) is 0 Å². The summed E-state index contributed by atoms with van der Waals surface area (Å²) in [5, 5.41) is 0. The zero-order chi connectivity index (χ0) is 9.90. The fraction of sp³-hybridized carbons (Fsp3) is 0.455. The number of likely N-dealkylation sites (N-methyl/N-ethyl adjacent to an activating group) is 1. The highest BCUT2D eigenvalue weighted by Crippen LogP contribution is 2.18. The third kappa shape index (κ3) is 3.40. The number of rotatable bonds is 3. The second-order valence-corrected chi connectivity index (χ2v) is 4.03. The van der Waals surface area contributed by atoms with Crippen LogP contribution in [0.1, 0.15) is 5.56 Å². The Morgan fingerprint density at radius 1 is 1.14 bits per heavy atom. The Balaban J connectivity index is 0.00000169. The number of benzene rings is 1. The molecule has 14 heavy (non-hydrogen) atoms. The summed E-state index contributed by atoms with van der Waals surface area (Å²) in [6.07, 6.45) is 0. The molecule has 1 aromatic carbocycles. The molecule has 1 aromatic rings. The average Bonchev–Trinajstić information content (AvgIpc) is 2.05. The van der Waals surface area contributed by atoms with Gasteiger partial charge in [-0.15, -0.1) is 0 Å². The molecule has 0 fully saturated rings. The summed E-state index contributed by atoms with van der Waals surface area (Å²) in [6.45, 7) is 3.80. The van der Waals surface area contributed by atoms with Crippen LogP contribution in [0.4, 0.5) is 5.69 Å². The number of hydrogen-bond donors (Lipinski definition) is 1. The SMILES string of the molecule is Cc1ccc([N+](C)(C)CCN)cc1.[Br-]. The van der Waals surface area contributed by atoms with Gasteiger partial charge in [-0.05, 0) is 19.1 Å². The van der Waals surface area contributed by atoms with Gasteiger partial charge >= 0.3 is 0 Å². The van der Waals surface area contributed by atoms with Crippen molar-refractivity contribution in [2.45, 2.75) is 6.92 Å². The molecule has 0 aliphatic heterocycles. The molecule has 0 saturated heterocycles. The molecule has 0 radical (unpaired) electrons. The van der Waals surface area contributed by atoms with Crippen LogP contribution < -0.4 is 27.2 Å². The maximum absolute atomic E-state index is 5.57. The molecule has 80 valence electrons. The van der Waals surface area contributed by atoms with Crippen LogP contribution in [0.2, 0.25) is 0 Å². The maximum atomic E-state index is 5.57. The van der Waals surface area contributed by atoms with E-state index in [1.165, 1.54) is 11.3 Å². The van der Waals surface area contributed by atoms with Crippen LogP contribution in [0.15, 0.2) is 24.3 Å².